The lowest BCUT2D eigenvalue weighted by atomic mass is 10.1. The maximum Gasteiger partial charge on any atom is 0.289 e. The molecule has 1 aromatic carbocycles. The largest absolute Gasteiger partial charge is 0.339 e. The molecule has 3 aromatic rings. The van der Waals surface area contributed by atoms with Crippen LogP contribution in [-0.2, 0) is 26.6 Å². The number of aryl methyl sites for hydroxylation is 1. The van der Waals surface area contributed by atoms with Crippen LogP contribution in [0.3, 0.4) is 0 Å². The van der Waals surface area contributed by atoms with Gasteiger partial charge in [0.05, 0.1) is 17.6 Å². The Morgan fingerprint density at radius 1 is 1.17 bits per heavy atom. The number of fused-ring (bicyclic) bond motifs is 2. The molecule has 14 heteroatoms. The number of hydrogen-bond donors (Lipinski definition) is 3. The molecule has 5 rings (SSSR count). The van der Waals surface area contributed by atoms with Gasteiger partial charge in [-0.3, -0.25) is 23.6 Å². The van der Waals surface area contributed by atoms with Gasteiger partial charge in [0.25, 0.3) is 21.1 Å². The summed E-state index contributed by atoms with van der Waals surface area (Å²) >= 11 is 0. The summed E-state index contributed by atoms with van der Waals surface area (Å²) in [5, 5.41) is 6.91. The van der Waals surface area contributed by atoms with E-state index < -0.39 is 31.2 Å². The number of nitrogens with one attached hydrogen (secondary N) is 3. The molecule has 192 valence electrons. The smallest absolute Gasteiger partial charge is 0.289 e. The van der Waals surface area contributed by atoms with Gasteiger partial charge in [-0.1, -0.05) is 13.8 Å². The highest BCUT2D eigenvalue weighted by Gasteiger charge is 2.30. The molecule has 1 aliphatic carbocycles. The fraction of sp³-hybridized carbons (Fsp3) is 0.409. The summed E-state index contributed by atoms with van der Waals surface area (Å²) < 4.78 is 56.4. The number of benzene rings is 1. The third kappa shape index (κ3) is 4.46. The molecule has 0 unspecified atom stereocenters. The number of nitrogens with zero attached hydrogens (tertiary/aromatic N) is 3. The third-order valence-electron chi connectivity index (χ3n) is 6.10. The molecule has 0 atom stereocenters. The van der Waals surface area contributed by atoms with Gasteiger partial charge in [0.2, 0.25) is 10.0 Å². The zero-order valence-corrected chi connectivity index (χ0v) is 21.5. The molecular weight excluding hydrogens is 508 g/mol. The van der Waals surface area contributed by atoms with Crippen molar-refractivity contribution in [2.45, 2.75) is 50.5 Å². The van der Waals surface area contributed by atoms with Crippen molar-refractivity contribution in [1.29, 1.82) is 0 Å². The Balaban J connectivity index is 1.72. The number of hydrogen-bond acceptors (Lipinski definition) is 8. The number of rotatable bonds is 6. The van der Waals surface area contributed by atoms with Gasteiger partial charge in [-0.2, -0.15) is 9.61 Å². The van der Waals surface area contributed by atoms with Crippen LogP contribution in [0.25, 0.3) is 11.5 Å². The van der Waals surface area contributed by atoms with Gasteiger partial charge in [0.1, 0.15) is 21.6 Å². The van der Waals surface area contributed by atoms with E-state index in [1.807, 2.05) is 13.8 Å². The molecule has 0 bridgehead atoms. The topological polar surface area (TPSA) is 161 Å². The minimum atomic E-state index is -4.24. The lowest BCUT2D eigenvalue weighted by Crippen LogP contribution is -2.53. The summed E-state index contributed by atoms with van der Waals surface area (Å²) in [6.07, 6.45) is 3.55. The van der Waals surface area contributed by atoms with Crippen LogP contribution in [0.15, 0.2) is 38.8 Å². The molecule has 2 aromatic heterocycles. The molecule has 2 aliphatic rings. The number of sulfonamides is 2. The zero-order chi connectivity index (χ0) is 26.0. The fourth-order valence-electron chi connectivity index (χ4n) is 4.15. The van der Waals surface area contributed by atoms with E-state index in [9.17, 15) is 26.4 Å². The van der Waals surface area contributed by atoms with Crippen LogP contribution in [0, 0.1) is 5.92 Å². The first-order valence-electron chi connectivity index (χ1n) is 11.5. The molecule has 36 heavy (non-hydrogen) atoms. The molecule has 3 N–H and O–H groups in total. The maximum absolute atomic E-state index is 13.6. The highest BCUT2D eigenvalue weighted by atomic mass is 32.2. The van der Waals surface area contributed by atoms with Crippen LogP contribution in [0.1, 0.15) is 44.7 Å². The van der Waals surface area contributed by atoms with E-state index in [1.165, 1.54) is 21.2 Å². The van der Waals surface area contributed by atoms with E-state index in [0.717, 1.165) is 30.9 Å². The molecule has 0 amide bonds. The van der Waals surface area contributed by atoms with Crippen molar-refractivity contribution < 1.29 is 16.8 Å². The summed E-state index contributed by atoms with van der Waals surface area (Å²) in [4.78, 5) is 26.8. The standard InChI is InChI=1S/C22H26N6O6S2/c1-12(2)8-9-27-18-11-16(13-4-5-13)24-28(18)22(30)19(21(27)29)20-23-15-7-6-14(25-35(3,31)32)10-17(15)36(33,34)26-20/h6-7,10-13,23,25-26H,4-5,8-9H2,1-3H3. The van der Waals surface area contributed by atoms with Crippen LogP contribution < -0.4 is 31.1 Å². The van der Waals surface area contributed by atoms with E-state index >= 15 is 0 Å². The van der Waals surface area contributed by atoms with Crippen molar-refractivity contribution in [3.05, 3.63) is 55.9 Å². The second-order valence-corrected chi connectivity index (χ2v) is 13.0. The van der Waals surface area contributed by atoms with Crippen molar-refractivity contribution in [3.8, 4) is 0 Å². The zero-order valence-electron chi connectivity index (χ0n) is 19.9. The van der Waals surface area contributed by atoms with Crippen molar-refractivity contribution >= 4 is 42.9 Å². The van der Waals surface area contributed by atoms with Crippen molar-refractivity contribution in [2.24, 2.45) is 5.92 Å². The van der Waals surface area contributed by atoms with Gasteiger partial charge >= 0.3 is 0 Å². The summed E-state index contributed by atoms with van der Waals surface area (Å²) in [6, 6.07) is 5.66. The van der Waals surface area contributed by atoms with Crippen LogP contribution in [0.2, 0.25) is 0 Å². The Morgan fingerprint density at radius 2 is 1.89 bits per heavy atom. The minimum Gasteiger partial charge on any atom is -0.339 e. The quantitative estimate of drug-likeness (QED) is 0.408. The summed E-state index contributed by atoms with van der Waals surface area (Å²) in [7, 11) is -7.87. The van der Waals surface area contributed by atoms with Gasteiger partial charge in [0, 0.05) is 24.2 Å². The van der Waals surface area contributed by atoms with Crippen molar-refractivity contribution in [1.82, 2.24) is 18.9 Å². The lowest BCUT2D eigenvalue weighted by molar-refractivity contribution is 0.509. The van der Waals surface area contributed by atoms with Gasteiger partial charge in [-0.25, -0.2) is 16.8 Å². The average Bonchev–Trinajstić information content (AvgIpc) is 3.51. The highest BCUT2D eigenvalue weighted by molar-refractivity contribution is 7.92. The van der Waals surface area contributed by atoms with Crippen molar-refractivity contribution in [2.75, 3.05) is 16.3 Å². The van der Waals surface area contributed by atoms with Crippen molar-refractivity contribution in [3.63, 3.8) is 0 Å². The van der Waals surface area contributed by atoms with Crippen LogP contribution in [0.4, 0.5) is 11.4 Å². The molecule has 1 aliphatic heterocycles. The Bertz CT molecular complexity index is 1790. The SMILES string of the molecule is CC(C)CCn1c(=O)c(=C2Nc3ccc(NS(C)(=O)=O)cc3S(=O)(=O)N2)c(=O)n2nc(C3CC3)cc12. The third-order valence-corrected chi connectivity index (χ3v) is 8.09. The first kappa shape index (κ1) is 24.3. The first-order chi connectivity index (χ1) is 16.8. The van der Waals surface area contributed by atoms with Gasteiger partial charge in [-0.15, -0.1) is 0 Å². The molecule has 0 radical (unpaired) electrons. The summed E-state index contributed by atoms with van der Waals surface area (Å²) in [6.45, 7) is 4.37. The molecule has 3 heterocycles. The number of anilines is 2. The summed E-state index contributed by atoms with van der Waals surface area (Å²) in [5.41, 5.74) is -0.0912. The second kappa shape index (κ2) is 8.34. The molecule has 0 saturated heterocycles. The monoisotopic (exact) mass is 534 g/mol. The Morgan fingerprint density at radius 3 is 2.53 bits per heavy atom. The molecule has 0 spiro atoms. The van der Waals surface area contributed by atoms with E-state index in [4.69, 9.17) is 0 Å². The van der Waals surface area contributed by atoms with E-state index in [-0.39, 0.29) is 33.2 Å². The Kier molecular flexibility index (Phi) is 5.63. The predicted octanol–water partition coefficient (Wildman–Crippen LogP) is 0.340. The van der Waals surface area contributed by atoms with Crippen LogP contribution in [0.5, 0.6) is 0 Å². The Hall–Kier alpha value is -3.39. The summed E-state index contributed by atoms with van der Waals surface area (Å²) in [5.74, 6) is 0.269. The lowest BCUT2D eigenvalue weighted by Gasteiger charge is -2.23. The maximum atomic E-state index is 13.6. The molecule has 1 saturated carbocycles. The minimum absolute atomic E-state index is 0.0537. The van der Waals surface area contributed by atoms with Gasteiger partial charge < -0.3 is 5.32 Å². The molecular formula is C22H26N6O6S2. The average molecular weight is 535 g/mol. The van der Waals surface area contributed by atoms with Crippen LogP contribution >= 0.6 is 0 Å². The second-order valence-electron chi connectivity index (χ2n) is 9.62. The Labute approximate surface area is 207 Å². The molecule has 12 nitrogen and oxygen atoms in total. The number of aromatic nitrogens is 3. The fourth-order valence-corrected chi connectivity index (χ4v) is 5.93. The normalized spacial score (nSPS) is 18.6. The van der Waals surface area contributed by atoms with E-state index in [0.29, 0.717) is 24.5 Å². The van der Waals surface area contributed by atoms with Gasteiger partial charge in [-0.05, 0) is 43.4 Å². The van der Waals surface area contributed by atoms with E-state index in [2.05, 4.69) is 19.9 Å². The first-order valence-corrected chi connectivity index (χ1v) is 14.8. The van der Waals surface area contributed by atoms with Crippen LogP contribution in [-0.4, -0.2) is 37.3 Å². The molecule has 1 fully saturated rings. The van der Waals surface area contributed by atoms with E-state index in [1.54, 1.807) is 6.07 Å². The predicted molar refractivity (Wildman–Crippen MR) is 135 cm³/mol. The van der Waals surface area contributed by atoms with Gasteiger partial charge in [0.15, 0.2) is 0 Å². The highest BCUT2D eigenvalue weighted by Crippen LogP contribution is 2.39.